The van der Waals surface area contributed by atoms with Gasteiger partial charge in [0.05, 0.1) is 31.2 Å². The molecule has 7 nitrogen and oxygen atoms in total. The minimum atomic E-state index is -0.782. The fourth-order valence-electron chi connectivity index (χ4n) is 4.29. The van der Waals surface area contributed by atoms with E-state index in [4.69, 9.17) is 13.9 Å². The van der Waals surface area contributed by atoms with Gasteiger partial charge < -0.3 is 19.0 Å². The van der Waals surface area contributed by atoms with E-state index in [2.05, 4.69) is 0 Å². The summed E-state index contributed by atoms with van der Waals surface area (Å²) < 4.78 is 16.6. The molecule has 1 atom stereocenters. The summed E-state index contributed by atoms with van der Waals surface area (Å²) in [6.07, 6.45) is 0. The first-order valence-corrected chi connectivity index (χ1v) is 10.3. The molecule has 5 rings (SSSR count). The second kappa shape index (κ2) is 7.70. The molecule has 2 heterocycles. The van der Waals surface area contributed by atoms with Gasteiger partial charge >= 0.3 is 0 Å². The first kappa shape index (κ1) is 20.6. The van der Waals surface area contributed by atoms with Gasteiger partial charge in [0.2, 0.25) is 5.76 Å². The van der Waals surface area contributed by atoms with Crippen LogP contribution in [-0.2, 0) is 0 Å². The largest absolute Gasteiger partial charge is 0.504 e. The van der Waals surface area contributed by atoms with Crippen molar-refractivity contribution in [2.24, 2.45) is 0 Å². The number of carbonyl (C=O) groups is 1. The number of fused-ring (bicyclic) bond motifs is 2. The van der Waals surface area contributed by atoms with Crippen molar-refractivity contribution in [1.82, 2.24) is 0 Å². The summed E-state index contributed by atoms with van der Waals surface area (Å²) in [5, 5.41) is 10.5. The van der Waals surface area contributed by atoms with Crippen molar-refractivity contribution < 1.29 is 23.8 Å². The van der Waals surface area contributed by atoms with Crippen LogP contribution in [0, 0.1) is 6.92 Å². The molecule has 33 heavy (non-hydrogen) atoms. The van der Waals surface area contributed by atoms with Crippen LogP contribution in [0.25, 0.3) is 11.0 Å². The topological polar surface area (TPSA) is 89.2 Å². The Hall–Kier alpha value is -4.26. The molecule has 1 amide bonds. The molecule has 1 aromatic heterocycles. The number of amides is 1. The molecule has 0 bridgehead atoms. The van der Waals surface area contributed by atoms with Gasteiger partial charge in [0.1, 0.15) is 11.3 Å². The highest BCUT2D eigenvalue weighted by Crippen LogP contribution is 2.43. The van der Waals surface area contributed by atoms with E-state index in [0.29, 0.717) is 28.0 Å². The predicted octanol–water partition coefficient (Wildman–Crippen LogP) is 4.57. The van der Waals surface area contributed by atoms with E-state index in [9.17, 15) is 14.7 Å². The average Bonchev–Trinajstić information content (AvgIpc) is 3.12. The number of nitrogens with zero attached hydrogens (tertiary/aromatic N) is 1. The number of aromatic hydroxyl groups is 1. The van der Waals surface area contributed by atoms with Crippen molar-refractivity contribution in [3.05, 3.63) is 93.3 Å². The average molecular weight is 443 g/mol. The van der Waals surface area contributed by atoms with Gasteiger partial charge in [-0.05, 0) is 48.9 Å². The minimum absolute atomic E-state index is 0.00350. The highest BCUT2D eigenvalue weighted by Gasteiger charge is 2.44. The Labute approximate surface area is 189 Å². The van der Waals surface area contributed by atoms with Crippen LogP contribution in [0.15, 0.2) is 69.9 Å². The van der Waals surface area contributed by atoms with Crippen LogP contribution in [0.5, 0.6) is 17.2 Å². The molecule has 3 aromatic carbocycles. The standard InChI is InChI=1S/C26H21NO6/c1-14-7-10-20-18(11-14)24(29)22-23(15-8-9-19(28)21(12-15)32-3)27(26(30)25(22)33-20)16-5-4-6-17(13-16)31-2/h4-13,23,28H,1-3H3. The number of hydrogen-bond acceptors (Lipinski definition) is 6. The zero-order valence-corrected chi connectivity index (χ0v) is 18.3. The van der Waals surface area contributed by atoms with Crippen molar-refractivity contribution in [2.75, 3.05) is 19.1 Å². The molecule has 1 N–H and O–H groups in total. The molecule has 0 aliphatic carbocycles. The Bertz CT molecular complexity index is 1470. The van der Waals surface area contributed by atoms with Crippen molar-refractivity contribution in [1.29, 1.82) is 0 Å². The van der Waals surface area contributed by atoms with Crippen LogP contribution in [0.2, 0.25) is 0 Å². The third kappa shape index (κ3) is 3.20. The summed E-state index contributed by atoms with van der Waals surface area (Å²) in [5.41, 5.74) is 2.37. The Kier molecular flexibility index (Phi) is 4.82. The third-order valence-electron chi connectivity index (χ3n) is 5.88. The van der Waals surface area contributed by atoms with Gasteiger partial charge in [-0.2, -0.15) is 0 Å². The molecule has 0 saturated heterocycles. The van der Waals surface area contributed by atoms with Gasteiger partial charge in [0.15, 0.2) is 16.9 Å². The van der Waals surface area contributed by atoms with E-state index in [1.54, 1.807) is 55.6 Å². The van der Waals surface area contributed by atoms with E-state index in [1.807, 2.05) is 13.0 Å². The van der Waals surface area contributed by atoms with Gasteiger partial charge in [0, 0.05) is 11.8 Å². The van der Waals surface area contributed by atoms with Crippen molar-refractivity contribution in [3.63, 3.8) is 0 Å². The summed E-state index contributed by atoms with van der Waals surface area (Å²) >= 11 is 0. The Morgan fingerprint density at radius 1 is 0.970 bits per heavy atom. The van der Waals surface area contributed by atoms with Crippen LogP contribution in [0.3, 0.4) is 0 Å². The van der Waals surface area contributed by atoms with E-state index >= 15 is 0 Å². The van der Waals surface area contributed by atoms with Crippen molar-refractivity contribution in [3.8, 4) is 17.2 Å². The maximum absolute atomic E-state index is 13.7. The lowest BCUT2D eigenvalue weighted by molar-refractivity contribution is 0.0971. The Morgan fingerprint density at radius 3 is 2.55 bits per heavy atom. The predicted molar refractivity (Wildman–Crippen MR) is 124 cm³/mol. The number of anilines is 1. The molecule has 1 aliphatic heterocycles. The van der Waals surface area contributed by atoms with Crippen LogP contribution >= 0.6 is 0 Å². The van der Waals surface area contributed by atoms with Gasteiger partial charge in [-0.15, -0.1) is 0 Å². The van der Waals surface area contributed by atoms with Crippen LogP contribution in [0.1, 0.15) is 33.3 Å². The lowest BCUT2D eigenvalue weighted by Gasteiger charge is -2.26. The summed E-state index contributed by atoms with van der Waals surface area (Å²) in [6, 6.07) is 16.3. The number of carbonyl (C=O) groups excluding carboxylic acids is 1. The highest BCUT2D eigenvalue weighted by atomic mass is 16.5. The normalized spacial score (nSPS) is 15.1. The van der Waals surface area contributed by atoms with Gasteiger partial charge in [-0.1, -0.05) is 23.8 Å². The van der Waals surface area contributed by atoms with Gasteiger partial charge in [-0.3, -0.25) is 14.5 Å². The number of phenolic OH excluding ortho intramolecular Hbond substituents is 1. The van der Waals surface area contributed by atoms with E-state index in [0.717, 1.165) is 5.56 Å². The molecular formula is C26H21NO6. The quantitative estimate of drug-likeness (QED) is 0.497. The number of rotatable bonds is 4. The monoisotopic (exact) mass is 443 g/mol. The molecule has 0 radical (unpaired) electrons. The smallest absolute Gasteiger partial charge is 0.295 e. The van der Waals surface area contributed by atoms with Gasteiger partial charge in [0.25, 0.3) is 5.91 Å². The molecule has 1 unspecified atom stereocenters. The number of methoxy groups -OCH3 is 2. The molecule has 0 saturated carbocycles. The highest BCUT2D eigenvalue weighted by molar-refractivity contribution is 6.10. The van der Waals surface area contributed by atoms with E-state index in [-0.39, 0.29) is 28.3 Å². The molecule has 0 fully saturated rings. The molecule has 4 aromatic rings. The molecular weight excluding hydrogens is 422 g/mol. The van der Waals surface area contributed by atoms with Gasteiger partial charge in [-0.25, -0.2) is 0 Å². The maximum Gasteiger partial charge on any atom is 0.295 e. The first-order valence-electron chi connectivity index (χ1n) is 10.3. The van der Waals surface area contributed by atoms with Crippen LogP contribution in [-0.4, -0.2) is 25.2 Å². The zero-order valence-electron chi connectivity index (χ0n) is 18.3. The molecule has 7 heteroatoms. The maximum atomic E-state index is 13.7. The fraction of sp³-hybridized carbons (Fsp3) is 0.154. The third-order valence-corrected chi connectivity index (χ3v) is 5.88. The SMILES string of the molecule is COc1cccc(N2C(=O)c3oc4ccc(C)cc4c(=O)c3C2c2ccc(O)c(OC)c2)c1. The van der Waals surface area contributed by atoms with Crippen LogP contribution in [0.4, 0.5) is 5.69 Å². The molecule has 0 spiro atoms. The van der Waals surface area contributed by atoms with E-state index < -0.39 is 11.9 Å². The summed E-state index contributed by atoms with van der Waals surface area (Å²) in [5.74, 6) is 0.323. The number of phenols is 1. The minimum Gasteiger partial charge on any atom is -0.504 e. The van der Waals surface area contributed by atoms with Crippen molar-refractivity contribution >= 4 is 22.6 Å². The zero-order chi connectivity index (χ0) is 23.3. The number of ether oxygens (including phenoxy) is 2. The number of benzene rings is 3. The lowest BCUT2D eigenvalue weighted by Crippen LogP contribution is -2.29. The second-order valence-electron chi connectivity index (χ2n) is 7.88. The molecule has 1 aliphatic rings. The fourth-order valence-corrected chi connectivity index (χ4v) is 4.29. The number of hydrogen-bond donors (Lipinski definition) is 1. The van der Waals surface area contributed by atoms with Crippen LogP contribution < -0.4 is 19.8 Å². The molecule has 166 valence electrons. The summed E-state index contributed by atoms with van der Waals surface area (Å²) in [6.45, 7) is 1.89. The Morgan fingerprint density at radius 2 is 1.79 bits per heavy atom. The first-order chi connectivity index (χ1) is 15.9. The lowest BCUT2D eigenvalue weighted by atomic mass is 9.97. The summed E-state index contributed by atoms with van der Waals surface area (Å²) in [4.78, 5) is 28.8. The van der Waals surface area contributed by atoms with Crippen molar-refractivity contribution in [2.45, 2.75) is 13.0 Å². The second-order valence-corrected chi connectivity index (χ2v) is 7.88. The Balaban J connectivity index is 1.82. The summed E-state index contributed by atoms with van der Waals surface area (Å²) in [7, 11) is 2.99. The number of aryl methyl sites for hydroxylation is 1. The van der Waals surface area contributed by atoms with E-state index in [1.165, 1.54) is 18.1 Å².